The van der Waals surface area contributed by atoms with Crippen LogP contribution in [0.15, 0.2) is 0 Å². The van der Waals surface area contributed by atoms with Crippen molar-refractivity contribution in [2.75, 3.05) is 39.5 Å². The molecule has 0 atom stereocenters. The number of hydrogen-bond acceptors (Lipinski definition) is 3. The largest absolute Gasteiger partial charge is 0.379 e. The lowest BCUT2D eigenvalue weighted by Crippen LogP contribution is -2.20. The molecule has 0 aliphatic heterocycles. The molecule has 0 aliphatic rings. The standard InChI is InChI=1S/C16H35NO2/c1-15(2)13-17-9-7-5-6-8-10-18-11-12-19-14-16(3)4/h15-17H,5-14H2,1-4H3. The molecule has 0 rings (SSSR count). The van der Waals surface area contributed by atoms with E-state index in [1.807, 2.05) is 0 Å². The zero-order valence-corrected chi connectivity index (χ0v) is 13.5. The van der Waals surface area contributed by atoms with E-state index in [-0.39, 0.29) is 0 Å². The van der Waals surface area contributed by atoms with Crippen LogP contribution in [0.2, 0.25) is 0 Å². The highest BCUT2D eigenvalue weighted by atomic mass is 16.5. The van der Waals surface area contributed by atoms with Crippen molar-refractivity contribution in [2.45, 2.75) is 53.4 Å². The second kappa shape index (κ2) is 14.3. The second-order valence-corrected chi connectivity index (χ2v) is 6.09. The molecule has 0 unspecified atom stereocenters. The van der Waals surface area contributed by atoms with Crippen molar-refractivity contribution in [3.63, 3.8) is 0 Å². The van der Waals surface area contributed by atoms with Crippen LogP contribution in [0.25, 0.3) is 0 Å². The number of hydrogen-bond donors (Lipinski definition) is 1. The fraction of sp³-hybridized carbons (Fsp3) is 1.00. The van der Waals surface area contributed by atoms with Crippen molar-refractivity contribution in [1.82, 2.24) is 5.32 Å². The molecule has 0 heterocycles. The van der Waals surface area contributed by atoms with Crippen LogP contribution in [0.4, 0.5) is 0 Å². The monoisotopic (exact) mass is 273 g/mol. The van der Waals surface area contributed by atoms with Gasteiger partial charge in [-0.05, 0) is 37.8 Å². The quantitative estimate of drug-likeness (QED) is 0.492. The van der Waals surface area contributed by atoms with Crippen LogP contribution in [0.1, 0.15) is 53.4 Å². The topological polar surface area (TPSA) is 30.5 Å². The molecule has 116 valence electrons. The average Bonchev–Trinajstić information content (AvgIpc) is 2.34. The highest BCUT2D eigenvalue weighted by molar-refractivity contribution is 4.52. The first-order valence-corrected chi connectivity index (χ1v) is 7.99. The summed E-state index contributed by atoms with van der Waals surface area (Å²) in [6.45, 7) is 14.3. The minimum atomic E-state index is 0.615. The zero-order valence-electron chi connectivity index (χ0n) is 13.5. The van der Waals surface area contributed by atoms with Crippen LogP contribution in [-0.2, 0) is 9.47 Å². The summed E-state index contributed by atoms with van der Waals surface area (Å²) < 4.78 is 11.0. The molecule has 0 bridgehead atoms. The van der Waals surface area contributed by atoms with E-state index >= 15 is 0 Å². The normalized spacial score (nSPS) is 11.7. The van der Waals surface area contributed by atoms with Gasteiger partial charge >= 0.3 is 0 Å². The summed E-state index contributed by atoms with van der Waals surface area (Å²) in [6, 6.07) is 0. The van der Waals surface area contributed by atoms with Gasteiger partial charge in [0.15, 0.2) is 0 Å². The Morgan fingerprint density at radius 2 is 1.42 bits per heavy atom. The molecule has 0 spiro atoms. The van der Waals surface area contributed by atoms with Gasteiger partial charge in [-0.25, -0.2) is 0 Å². The summed E-state index contributed by atoms with van der Waals surface area (Å²) in [7, 11) is 0. The maximum absolute atomic E-state index is 5.53. The Bertz CT molecular complexity index is 154. The van der Waals surface area contributed by atoms with Gasteiger partial charge in [-0.3, -0.25) is 0 Å². The minimum Gasteiger partial charge on any atom is -0.379 e. The van der Waals surface area contributed by atoms with E-state index in [2.05, 4.69) is 33.0 Å². The van der Waals surface area contributed by atoms with Gasteiger partial charge in [0.1, 0.15) is 0 Å². The molecule has 0 fully saturated rings. The fourth-order valence-corrected chi connectivity index (χ4v) is 1.74. The van der Waals surface area contributed by atoms with Crippen LogP contribution >= 0.6 is 0 Å². The summed E-state index contributed by atoms with van der Waals surface area (Å²) in [6.07, 6.45) is 5.03. The molecule has 0 saturated carbocycles. The molecule has 3 heteroatoms. The lowest BCUT2D eigenvalue weighted by Gasteiger charge is -2.08. The summed E-state index contributed by atoms with van der Waals surface area (Å²) in [5.41, 5.74) is 0. The number of unbranched alkanes of at least 4 members (excludes halogenated alkanes) is 3. The van der Waals surface area contributed by atoms with Crippen LogP contribution in [0, 0.1) is 11.8 Å². The van der Waals surface area contributed by atoms with E-state index in [1.165, 1.54) is 25.7 Å². The van der Waals surface area contributed by atoms with Crippen LogP contribution in [0.5, 0.6) is 0 Å². The van der Waals surface area contributed by atoms with Crippen molar-refractivity contribution < 1.29 is 9.47 Å². The second-order valence-electron chi connectivity index (χ2n) is 6.09. The first-order chi connectivity index (χ1) is 9.13. The third-order valence-electron chi connectivity index (χ3n) is 2.77. The zero-order chi connectivity index (χ0) is 14.3. The van der Waals surface area contributed by atoms with E-state index in [9.17, 15) is 0 Å². The molecule has 0 saturated heterocycles. The Labute approximate surface area is 120 Å². The number of nitrogens with one attached hydrogen (secondary N) is 1. The van der Waals surface area contributed by atoms with Gasteiger partial charge in [0, 0.05) is 13.2 Å². The summed E-state index contributed by atoms with van der Waals surface area (Å²) in [5, 5.41) is 3.47. The molecule has 0 aromatic carbocycles. The van der Waals surface area contributed by atoms with Gasteiger partial charge in [-0.2, -0.15) is 0 Å². The fourth-order valence-electron chi connectivity index (χ4n) is 1.74. The summed E-state index contributed by atoms with van der Waals surface area (Å²) in [4.78, 5) is 0. The Morgan fingerprint density at radius 1 is 0.737 bits per heavy atom. The maximum atomic E-state index is 5.53. The predicted molar refractivity (Wildman–Crippen MR) is 82.7 cm³/mol. The highest BCUT2D eigenvalue weighted by Gasteiger charge is 1.95. The Balaban J connectivity index is 2.95. The third-order valence-corrected chi connectivity index (χ3v) is 2.77. The number of ether oxygens (including phenoxy) is 2. The van der Waals surface area contributed by atoms with E-state index in [4.69, 9.17) is 9.47 Å². The molecule has 3 nitrogen and oxygen atoms in total. The first kappa shape index (κ1) is 18.9. The SMILES string of the molecule is CC(C)CNCCCCCCOCCOCC(C)C. The van der Waals surface area contributed by atoms with Crippen molar-refractivity contribution in [3.05, 3.63) is 0 Å². The van der Waals surface area contributed by atoms with Crippen LogP contribution in [0.3, 0.4) is 0 Å². The Hall–Kier alpha value is -0.120. The van der Waals surface area contributed by atoms with Gasteiger partial charge < -0.3 is 14.8 Å². The molecule has 1 N–H and O–H groups in total. The molecule has 0 aromatic rings. The lowest BCUT2D eigenvalue weighted by molar-refractivity contribution is 0.0365. The molecular weight excluding hydrogens is 238 g/mol. The lowest BCUT2D eigenvalue weighted by atomic mass is 10.2. The van der Waals surface area contributed by atoms with E-state index in [0.717, 1.165) is 45.4 Å². The predicted octanol–water partition coefficient (Wildman–Crippen LogP) is 3.48. The third kappa shape index (κ3) is 17.9. The van der Waals surface area contributed by atoms with Gasteiger partial charge in [0.25, 0.3) is 0 Å². The maximum Gasteiger partial charge on any atom is 0.0700 e. The van der Waals surface area contributed by atoms with E-state index in [1.54, 1.807) is 0 Å². The first-order valence-electron chi connectivity index (χ1n) is 7.99. The average molecular weight is 273 g/mol. The Morgan fingerprint density at radius 3 is 2.11 bits per heavy atom. The van der Waals surface area contributed by atoms with Crippen molar-refractivity contribution in [3.8, 4) is 0 Å². The summed E-state index contributed by atoms with van der Waals surface area (Å²) >= 11 is 0. The van der Waals surface area contributed by atoms with E-state index < -0.39 is 0 Å². The van der Waals surface area contributed by atoms with Gasteiger partial charge in [-0.15, -0.1) is 0 Å². The molecule has 19 heavy (non-hydrogen) atoms. The minimum absolute atomic E-state index is 0.615. The molecule has 0 aromatic heterocycles. The molecular formula is C16H35NO2. The summed E-state index contributed by atoms with van der Waals surface area (Å²) in [5.74, 6) is 1.37. The van der Waals surface area contributed by atoms with Gasteiger partial charge in [0.2, 0.25) is 0 Å². The van der Waals surface area contributed by atoms with Crippen LogP contribution < -0.4 is 5.32 Å². The molecule has 0 aliphatic carbocycles. The van der Waals surface area contributed by atoms with Gasteiger partial charge in [0.05, 0.1) is 13.2 Å². The molecule has 0 radical (unpaired) electrons. The Kier molecular flexibility index (Phi) is 14.2. The number of rotatable bonds is 14. The molecule has 0 amide bonds. The smallest absolute Gasteiger partial charge is 0.0700 e. The van der Waals surface area contributed by atoms with Crippen molar-refractivity contribution >= 4 is 0 Å². The highest BCUT2D eigenvalue weighted by Crippen LogP contribution is 2.00. The van der Waals surface area contributed by atoms with Crippen molar-refractivity contribution in [2.24, 2.45) is 11.8 Å². The van der Waals surface area contributed by atoms with E-state index in [0.29, 0.717) is 5.92 Å². The van der Waals surface area contributed by atoms with Crippen molar-refractivity contribution in [1.29, 1.82) is 0 Å². The van der Waals surface area contributed by atoms with Gasteiger partial charge in [-0.1, -0.05) is 40.5 Å². The van der Waals surface area contributed by atoms with Crippen LogP contribution in [-0.4, -0.2) is 39.5 Å².